The fourth-order valence-corrected chi connectivity index (χ4v) is 3.87. The average molecular weight is 447 g/mol. The van der Waals surface area contributed by atoms with Crippen molar-refractivity contribution in [1.29, 1.82) is 0 Å². The molecule has 1 N–H and O–H groups in total. The standard InChI is InChI=1S/C22H27ClN4O4/c1-16-5-2-6-17(25-16)7-4-13-31-14-9-18-15-26(11-12-27(18)22(29)30)21(28)19-8-3-10-24-20(19)23/h2-3,5-6,8,10,18H,4,7,9,11-15H2,1H3,(H,29,30). The molecule has 0 aromatic carbocycles. The van der Waals surface area contributed by atoms with Gasteiger partial charge in [0.25, 0.3) is 5.91 Å². The molecule has 3 heterocycles. The third kappa shape index (κ3) is 6.38. The Morgan fingerprint density at radius 3 is 2.81 bits per heavy atom. The van der Waals surface area contributed by atoms with Crippen LogP contribution in [0.1, 0.15) is 34.6 Å². The van der Waals surface area contributed by atoms with Crippen LogP contribution >= 0.6 is 11.6 Å². The molecule has 8 nitrogen and oxygen atoms in total. The number of carbonyl (C=O) groups is 2. The van der Waals surface area contributed by atoms with Crippen molar-refractivity contribution in [1.82, 2.24) is 19.8 Å². The van der Waals surface area contributed by atoms with Crippen molar-refractivity contribution in [3.05, 3.63) is 58.6 Å². The number of carbonyl (C=O) groups excluding carboxylic acids is 1. The van der Waals surface area contributed by atoms with Crippen LogP contribution in [0, 0.1) is 6.92 Å². The van der Waals surface area contributed by atoms with E-state index in [-0.39, 0.29) is 23.6 Å². The number of aryl methyl sites for hydroxylation is 2. The lowest BCUT2D eigenvalue weighted by atomic mass is 10.1. The third-order valence-electron chi connectivity index (χ3n) is 5.27. The fraction of sp³-hybridized carbons (Fsp3) is 0.455. The Labute approximate surface area is 186 Å². The molecule has 1 aliphatic heterocycles. The fourth-order valence-electron chi connectivity index (χ4n) is 3.67. The van der Waals surface area contributed by atoms with Gasteiger partial charge < -0.3 is 19.6 Å². The van der Waals surface area contributed by atoms with Crippen LogP contribution in [0.15, 0.2) is 36.5 Å². The van der Waals surface area contributed by atoms with Gasteiger partial charge in [0.2, 0.25) is 0 Å². The van der Waals surface area contributed by atoms with Crippen LogP contribution in [0.5, 0.6) is 0 Å². The zero-order valence-corrected chi connectivity index (χ0v) is 18.3. The van der Waals surface area contributed by atoms with Gasteiger partial charge in [-0.1, -0.05) is 17.7 Å². The normalized spacial score (nSPS) is 16.4. The second-order valence-corrected chi connectivity index (χ2v) is 7.86. The van der Waals surface area contributed by atoms with Gasteiger partial charge in [-0.3, -0.25) is 9.78 Å². The molecule has 166 valence electrons. The lowest BCUT2D eigenvalue weighted by Crippen LogP contribution is -2.56. The van der Waals surface area contributed by atoms with E-state index in [4.69, 9.17) is 16.3 Å². The average Bonchev–Trinajstić information content (AvgIpc) is 2.76. The van der Waals surface area contributed by atoms with Gasteiger partial charge in [-0.25, -0.2) is 9.78 Å². The molecule has 0 aliphatic carbocycles. The van der Waals surface area contributed by atoms with E-state index in [9.17, 15) is 14.7 Å². The highest BCUT2D eigenvalue weighted by Crippen LogP contribution is 2.19. The summed E-state index contributed by atoms with van der Waals surface area (Å²) in [7, 11) is 0. The Hall–Kier alpha value is -2.71. The molecule has 31 heavy (non-hydrogen) atoms. The summed E-state index contributed by atoms with van der Waals surface area (Å²) in [6, 6.07) is 8.92. The van der Waals surface area contributed by atoms with Gasteiger partial charge in [-0.15, -0.1) is 0 Å². The number of amides is 2. The molecule has 1 atom stereocenters. The van der Waals surface area contributed by atoms with Gasteiger partial charge in [0.1, 0.15) is 5.15 Å². The van der Waals surface area contributed by atoms with E-state index in [1.165, 1.54) is 11.1 Å². The van der Waals surface area contributed by atoms with Gasteiger partial charge in [0.15, 0.2) is 0 Å². The molecule has 1 aliphatic rings. The summed E-state index contributed by atoms with van der Waals surface area (Å²) >= 11 is 6.05. The highest BCUT2D eigenvalue weighted by atomic mass is 35.5. The number of carboxylic acid groups (broad SMARTS) is 1. The number of nitrogens with zero attached hydrogens (tertiary/aromatic N) is 4. The summed E-state index contributed by atoms with van der Waals surface area (Å²) in [6.07, 6.45) is 2.73. The molecule has 1 fully saturated rings. The Morgan fingerprint density at radius 2 is 2.06 bits per heavy atom. The van der Waals surface area contributed by atoms with E-state index in [0.717, 1.165) is 24.2 Å². The first-order valence-corrected chi connectivity index (χ1v) is 10.7. The van der Waals surface area contributed by atoms with Crippen LogP contribution in [0.3, 0.4) is 0 Å². The maximum atomic E-state index is 12.8. The number of ether oxygens (including phenoxy) is 1. The van der Waals surface area contributed by atoms with E-state index in [0.29, 0.717) is 38.3 Å². The number of hydrogen-bond acceptors (Lipinski definition) is 5. The quantitative estimate of drug-likeness (QED) is 0.493. The van der Waals surface area contributed by atoms with Crippen LogP contribution in [-0.2, 0) is 11.2 Å². The van der Waals surface area contributed by atoms with Gasteiger partial charge in [0.05, 0.1) is 11.6 Å². The minimum atomic E-state index is -0.984. The number of piperazine rings is 1. The molecule has 2 amide bonds. The van der Waals surface area contributed by atoms with E-state index < -0.39 is 6.09 Å². The maximum Gasteiger partial charge on any atom is 0.407 e. The largest absolute Gasteiger partial charge is 0.465 e. The SMILES string of the molecule is Cc1cccc(CCCOCCC2CN(C(=O)c3cccnc3Cl)CCN2C(=O)O)n1. The zero-order valence-electron chi connectivity index (χ0n) is 17.5. The molecule has 0 bridgehead atoms. The van der Waals surface area contributed by atoms with Crippen molar-refractivity contribution >= 4 is 23.6 Å². The lowest BCUT2D eigenvalue weighted by Gasteiger charge is -2.40. The summed E-state index contributed by atoms with van der Waals surface area (Å²) in [5, 5.41) is 9.68. The zero-order chi connectivity index (χ0) is 22.2. The summed E-state index contributed by atoms with van der Waals surface area (Å²) in [5.41, 5.74) is 2.36. The first-order chi connectivity index (χ1) is 15.0. The van der Waals surface area contributed by atoms with Crippen molar-refractivity contribution in [2.75, 3.05) is 32.8 Å². The summed E-state index contributed by atoms with van der Waals surface area (Å²) in [6.45, 7) is 3.83. The first-order valence-electron chi connectivity index (χ1n) is 10.4. The maximum absolute atomic E-state index is 12.8. The summed E-state index contributed by atoms with van der Waals surface area (Å²) in [5.74, 6) is -0.236. The molecule has 9 heteroatoms. The smallest absolute Gasteiger partial charge is 0.407 e. The second-order valence-electron chi connectivity index (χ2n) is 7.50. The molecular weight excluding hydrogens is 420 g/mol. The molecule has 0 radical (unpaired) electrons. The summed E-state index contributed by atoms with van der Waals surface area (Å²) < 4.78 is 5.73. The Bertz CT molecular complexity index is 911. The number of rotatable bonds is 8. The van der Waals surface area contributed by atoms with Gasteiger partial charge in [-0.05, 0) is 50.5 Å². The van der Waals surface area contributed by atoms with Crippen molar-refractivity contribution in [3.63, 3.8) is 0 Å². The Morgan fingerprint density at radius 1 is 1.23 bits per heavy atom. The van der Waals surface area contributed by atoms with Crippen molar-refractivity contribution in [2.24, 2.45) is 0 Å². The number of pyridine rings is 2. The van der Waals surface area contributed by atoms with Gasteiger partial charge >= 0.3 is 6.09 Å². The predicted octanol–water partition coefficient (Wildman–Crippen LogP) is 3.28. The lowest BCUT2D eigenvalue weighted by molar-refractivity contribution is 0.0359. The first kappa shape index (κ1) is 23.0. The second kappa shape index (κ2) is 11.1. The molecule has 2 aromatic heterocycles. The van der Waals surface area contributed by atoms with Gasteiger partial charge in [-0.2, -0.15) is 0 Å². The number of hydrogen-bond donors (Lipinski definition) is 1. The van der Waals surface area contributed by atoms with Crippen molar-refractivity contribution < 1.29 is 19.4 Å². The Balaban J connectivity index is 1.48. The van der Waals surface area contributed by atoms with Crippen molar-refractivity contribution in [3.8, 4) is 0 Å². The Kier molecular flexibility index (Phi) is 8.20. The van der Waals surface area contributed by atoms with E-state index in [1.807, 2.05) is 25.1 Å². The molecule has 1 saturated heterocycles. The van der Waals surface area contributed by atoms with Crippen LogP contribution in [0.25, 0.3) is 0 Å². The van der Waals surface area contributed by atoms with Crippen LogP contribution < -0.4 is 0 Å². The number of aromatic nitrogens is 2. The molecule has 0 spiro atoms. The van der Waals surface area contributed by atoms with E-state index >= 15 is 0 Å². The van der Waals surface area contributed by atoms with Gasteiger partial charge in [0, 0.05) is 50.4 Å². The minimum Gasteiger partial charge on any atom is -0.465 e. The monoisotopic (exact) mass is 446 g/mol. The van der Waals surface area contributed by atoms with E-state index in [1.54, 1.807) is 17.0 Å². The molecule has 2 aromatic rings. The number of halogens is 1. The highest BCUT2D eigenvalue weighted by Gasteiger charge is 2.33. The van der Waals surface area contributed by atoms with Crippen LogP contribution in [-0.4, -0.2) is 75.8 Å². The molecule has 0 saturated carbocycles. The molecule has 1 unspecified atom stereocenters. The molecule has 3 rings (SSSR count). The summed E-state index contributed by atoms with van der Waals surface area (Å²) in [4.78, 5) is 35.9. The van der Waals surface area contributed by atoms with Crippen LogP contribution in [0.4, 0.5) is 4.79 Å². The topological polar surface area (TPSA) is 95.9 Å². The van der Waals surface area contributed by atoms with Crippen LogP contribution in [0.2, 0.25) is 5.15 Å². The van der Waals surface area contributed by atoms with Crippen molar-refractivity contribution in [2.45, 2.75) is 32.2 Å². The van der Waals surface area contributed by atoms with E-state index in [2.05, 4.69) is 9.97 Å². The predicted molar refractivity (Wildman–Crippen MR) is 116 cm³/mol. The third-order valence-corrected chi connectivity index (χ3v) is 5.57. The highest BCUT2D eigenvalue weighted by molar-refractivity contribution is 6.32. The molecular formula is C22H27ClN4O4. The minimum absolute atomic E-state index is 0.149.